The van der Waals surface area contributed by atoms with E-state index in [1.54, 1.807) is 18.2 Å². The highest BCUT2D eigenvalue weighted by Gasteiger charge is 2.61. The van der Waals surface area contributed by atoms with Gasteiger partial charge in [0.15, 0.2) is 0 Å². The third-order valence-corrected chi connectivity index (χ3v) is 13.4. The number of carbonyl (C=O) groups excluding carboxylic acids is 1. The van der Waals surface area contributed by atoms with Crippen molar-refractivity contribution in [1.29, 1.82) is 0 Å². The number of benzene rings is 1. The van der Waals surface area contributed by atoms with Crippen LogP contribution in [0.25, 0.3) is 0 Å². The van der Waals surface area contributed by atoms with Gasteiger partial charge in [0.1, 0.15) is 19.4 Å². The van der Waals surface area contributed by atoms with Crippen LogP contribution in [0.15, 0.2) is 18.2 Å². The largest absolute Gasteiger partial charge is 0.654 e. The molecule has 0 aliphatic heterocycles. The van der Waals surface area contributed by atoms with Crippen molar-refractivity contribution in [2.75, 3.05) is 19.8 Å². The molecular weight excluding hydrogens is 704 g/mol. The minimum atomic E-state index is -5.81. The lowest BCUT2D eigenvalue weighted by Crippen LogP contribution is -2.48. The van der Waals surface area contributed by atoms with Crippen LogP contribution in [0, 0.1) is 0 Å². The zero-order valence-electron chi connectivity index (χ0n) is 32.4. The average Bonchev–Trinajstić information content (AvgIpc) is 3.09. The van der Waals surface area contributed by atoms with Crippen molar-refractivity contribution in [2.24, 2.45) is 0 Å². The van der Waals surface area contributed by atoms with E-state index in [1.165, 1.54) is 116 Å². The van der Waals surface area contributed by atoms with Crippen molar-refractivity contribution in [2.45, 2.75) is 186 Å². The van der Waals surface area contributed by atoms with E-state index in [0.717, 1.165) is 38.5 Å². The van der Waals surface area contributed by atoms with Gasteiger partial charge in [-0.2, -0.15) is 0 Å². The first-order valence-corrected chi connectivity index (χ1v) is 23.6. The molecular formula is C39H72NO10P2-. The van der Waals surface area contributed by atoms with E-state index >= 15 is 0 Å². The molecule has 1 aromatic rings. The van der Waals surface area contributed by atoms with E-state index in [-0.39, 0.29) is 18.5 Å². The Hall–Kier alpha value is -1.13. The zero-order chi connectivity index (χ0) is 38.6. The highest BCUT2D eigenvalue weighted by atomic mass is 31.3. The molecule has 5 N–H and O–H groups in total. The second-order valence-electron chi connectivity index (χ2n) is 14.4. The Balaban J connectivity index is 2.58. The predicted octanol–water partition coefficient (Wildman–Crippen LogP) is 7.59. The first-order valence-electron chi connectivity index (χ1n) is 20.4. The van der Waals surface area contributed by atoms with Gasteiger partial charge in [-0.25, -0.2) is 9.79 Å². The Kier molecular flexibility index (Phi) is 27.5. The van der Waals surface area contributed by atoms with Crippen molar-refractivity contribution in [1.82, 2.24) is 5.32 Å². The molecule has 1 amide bonds. The number of amides is 1. The number of rotatable bonds is 35. The Morgan fingerprint density at radius 1 is 0.596 bits per heavy atom. The molecule has 0 spiro atoms. The van der Waals surface area contributed by atoms with Crippen LogP contribution in [-0.2, 0) is 0 Å². The summed E-state index contributed by atoms with van der Waals surface area (Å²) in [5.74, 6) is 0.452. The normalized spacial score (nSPS) is 13.2. The molecule has 0 aliphatic carbocycles. The molecule has 0 aliphatic rings. The third-order valence-electron chi connectivity index (χ3n) is 9.57. The number of unbranched alkanes of at least 4 members (excludes halogenated alkanes) is 22. The lowest BCUT2D eigenvalue weighted by Gasteiger charge is -2.43. The Morgan fingerprint density at radius 3 is 1.27 bits per heavy atom. The second kappa shape index (κ2) is 29.2. The molecule has 1 atom stereocenters. The van der Waals surface area contributed by atoms with Crippen molar-refractivity contribution >= 4 is 21.8 Å². The molecule has 0 aromatic heterocycles. The van der Waals surface area contributed by atoms with Crippen LogP contribution in [0.1, 0.15) is 191 Å². The van der Waals surface area contributed by atoms with Crippen LogP contribution in [0.5, 0.6) is 11.5 Å². The van der Waals surface area contributed by atoms with E-state index in [1.807, 2.05) is 0 Å². The van der Waals surface area contributed by atoms with Gasteiger partial charge in [-0.05, 0) is 31.4 Å². The number of nitrogens with one attached hydrogen (secondary N) is 1. The molecule has 13 heteroatoms. The van der Waals surface area contributed by atoms with E-state index in [9.17, 15) is 39.3 Å². The molecule has 304 valence electrons. The standard InChI is InChI=1S/C39H73NO10P2/c1-3-5-7-9-11-13-15-17-19-21-23-25-30-49-36-32-35(38(41)40-29-27-28-39(42,51(43,44)45)52(46,47)48)33-37(34-36)50-31-26-24-22-20-18-16-14-12-10-8-6-4-2/h32-34,42H,3-31H2,1-2H3,(H,40,41)(H2,43,44,45)(H2,46,47,48)/p-1. The molecule has 0 heterocycles. The minimum absolute atomic E-state index is 0.208. The smallest absolute Gasteiger partial charge is 0.340 e. The van der Waals surface area contributed by atoms with Gasteiger partial charge in [0.05, 0.1) is 19.6 Å². The van der Waals surface area contributed by atoms with Gasteiger partial charge in [0, 0.05) is 18.2 Å². The lowest BCUT2D eigenvalue weighted by molar-refractivity contribution is -0.347. The Bertz CT molecular complexity index is 973. The minimum Gasteiger partial charge on any atom is -0.654 e. The topological polar surface area (TPSA) is 198 Å². The van der Waals surface area contributed by atoms with Crippen LogP contribution in [0.2, 0.25) is 0 Å². The monoisotopic (exact) mass is 776 g/mol. The lowest BCUT2D eigenvalue weighted by atomic mass is 10.1. The highest BCUT2D eigenvalue weighted by molar-refractivity contribution is 7.76. The summed E-state index contributed by atoms with van der Waals surface area (Å²) < 4.78 is 12.0. The number of aliphatic hydroxyl groups is 1. The highest BCUT2D eigenvalue weighted by Crippen LogP contribution is 2.71. The van der Waals surface area contributed by atoms with E-state index < -0.39 is 33.3 Å². The molecule has 1 rings (SSSR count). The van der Waals surface area contributed by atoms with Crippen LogP contribution in [0.3, 0.4) is 0 Å². The van der Waals surface area contributed by atoms with Gasteiger partial charge >= 0.3 is 13.0 Å². The van der Waals surface area contributed by atoms with Gasteiger partial charge in [-0.15, -0.1) is 0 Å². The summed E-state index contributed by atoms with van der Waals surface area (Å²) in [6.07, 6.45) is 28.4. The number of carbonyl (C=O) groups is 1. The summed E-state index contributed by atoms with van der Waals surface area (Å²) in [6, 6.07) is 4.96. The molecule has 0 fully saturated rings. The maximum absolute atomic E-state index is 13.0. The molecule has 52 heavy (non-hydrogen) atoms. The van der Waals surface area contributed by atoms with Crippen LogP contribution >= 0.6 is 15.9 Å². The quantitative estimate of drug-likeness (QED) is 0.0338. The fourth-order valence-electron chi connectivity index (χ4n) is 6.22. The van der Waals surface area contributed by atoms with Gasteiger partial charge in [0.25, 0.3) is 5.91 Å². The first kappa shape index (κ1) is 48.9. The third kappa shape index (κ3) is 22.3. The summed E-state index contributed by atoms with van der Waals surface area (Å²) in [5.41, 5.74) is 0.249. The van der Waals surface area contributed by atoms with Gasteiger partial charge in [0.2, 0.25) is 0 Å². The zero-order valence-corrected chi connectivity index (χ0v) is 34.2. The molecule has 0 radical (unpaired) electrons. The summed E-state index contributed by atoms with van der Waals surface area (Å²) in [5, 5.41) is 8.99. The molecule has 1 unspecified atom stereocenters. The fourth-order valence-corrected chi connectivity index (χ4v) is 8.42. The van der Waals surface area contributed by atoms with Crippen molar-refractivity contribution in [3.8, 4) is 11.5 Å². The summed E-state index contributed by atoms with van der Waals surface area (Å²) in [6.45, 7) is 5.27. The van der Waals surface area contributed by atoms with E-state index in [4.69, 9.17) is 9.47 Å². The molecule has 0 bridgehead atoms. The summed E-state index contributed by atoms with van der Waals surface area (Å²) >= 11 is 0. The van der Waals surface area contributed by atoms with Gasteiger partial charge in [-0.1, -0.05) is 155 Å². The second-order valence-corrected chi connectivity index (χ2v) is 18.3. The molecule has 11 nitrogen and oxygen atoms in total. The number of hydrogen-bond acceptors (Lipinski definition) is 10. The SMILES string of the molecule is CCCCCCCCCCCCCCOc1cc(OCCCCCCCCCCCCCC)cc(C(=O)NCCCC(O)([P+]([O-])([O-])O)[P+]([O-])(O)O)c1. The number of hydrogen-bond donors (Lipinski definition) is 5. The maximum Gasteiger partial charge on any atom is 0.340 e. The van der Waals surface area contributed by atoms with Crippen LogP contribution in [-0.4, -0.2) is 50.5 Å². The summed E-state index contributed by atoms with van der Waals surface area (Å²) in [7, 11) is -11.4. The van der Waals surface area contributed by atoms with Crippen LogP contribution < -0.4 is 29.5 Å². The predicted molar refractivity (Wildman–Crippen MR) is 207 cm³/mol. The van der Waals surface area contributed by atoms with Gasteiger partial charge < -0.3 is 34.6 Å². The van der Waals surface area contributed by atoms with E-state index in [0.29, 0.717) is 24.7 Å². The molecule has 1 aromatic carbocycles. The maximum atomic E-state index is 13.0. The summed E-state index contributed by atoms with van der Waals surface area (Å²) in [4.78, 5) is 75.6. The molecule has 0 saturated carbocycles. The average molecular weight is 777 g/mol. The van der Waals surface area contributed by atoms with Gasteiger partial charge in [-0.3, -0.25) is 9.69 Å². The van der Waals surface area contributed by atoms with Crippen LogP contribution in [0.4, 0.5) is 0 Å². The Morgan fingerprint density at radius 2 is 0.942 bits per heavy atom. The van der Waals surface area contributed by atoms with Crippen molar-refractivity contribution in [3.63, 3.8) is 0 Å². The van der Waals surface area contributed by atoms with Crippen molar-refractivity contribution < 1.29 is 48.7 Å². The van der Waals surface area contributed by atoms with Crippen molar-refractivity contribution in [3.05, 3.63) is 23.8 Å². The van der Waals surface area contributed by atoms with E-state index in [2.05, 4.69) is 19.2 Å². The number of ether oxygens (including phenoxy) is 2. The fraction of sp³-hybridized carbons (Fsp3) is 0.821. The Labute approximate surface area is 316 Å². The molecule has 0 saturated heterocycles. The first-order chi connectivity index (χ1) is 24.9.